The number of rotatable bonds is 9. The highest BCUT2D eigenvalue weighted by Crippen LogP contribution is 1.97. The number of nitrogens with zero attached hydrogens (tertiary/aromatic N) is 3. The fourth-order valence-corrected chi connectivity index (χ4v) is 1.56. The lowest BCUT2D eigenvalue weighted by Crippen LogP contribution is -2.44. The molecule has 0 fully saturated rings. The second-order valence-electron chi connectivity index (χ2n) is 4.80. The zero-order chi connectivity index (χ0) is 15.7. The van der Waals surface area contributed by atoms with Gasteiger partial charge in [0.2, 0.25) is 0 Å². The van der Waals surface area contributed by atoms with E-state index in [1.165, 1.54) is 0 Å². The summed E-state index contributed by atoms with van der Waals surface area (Å²) >= 11 is 0. The van der Waals surface area contributed by atoms with Crippen molar-refractivity contribution < 1.29 is 14.7 Å². The molecule has 0 saturated carbocycles. The van der Waals surface area contributed by atoms with E-state index in [1.54, 1.807) is 29.3 Å². The van der Waals surface area contributed by atoms with Crippen LogP contribution in [0.15, 0.2) is 24.4 Å². The molecule has 0 unspecified atom stereocenters. The van der Waals surface area contributed by atoms with E-state index in [9.17, 15) is 9.59 Å². The lowest BCUT2D eigenvalue weighted by molar-refractivity contribution is -0.138. The van der Waals surface area contributed by atoms with Gasteiger partial charge in [0.15, 0.2) is 0 Å². The maximum Gasteiger partial charge on any atom is 0.317 e. The summed E-state index contributed by atoms with van der Waals surface area (Å²) in [5, 5.41) is 8.86. The Kier molecular flexibility index (Phi) is 7.13. The number of nitrogens with one attached hydrogen (secondary N) is 2. The Balaban J connectivity index is 2.41. The number of aromatic nitrogens is 1. The first-order valence-electron chi connectivity index (χ1n) is 6.52. The van der Waals surface area contributed by atoms with Crippen LogP contribution in [0.4, 0.5) is 5.82 Å². The quantitative estimate of drug-likeness (QED) is 0.527. The summed E-state index contributed by atoms with van der Waals surface area (Å²) in [7, 11) is 3.78. The van der Waals surface area contributed by atoms with Gasteiger partial charge in [-0.15, -0.1) is 0 Å². The molecule has 1 aromatic heterocycles. The number of amides is 1. The Hall–Kier alpha value is -2.19. The first kappa shape index (κ1) is 16.9. The standard InChI is InChI=1S/C13H21N5O3/c1-17(2)7-8-18(10-13(20)21)9-12(19)16-15-11-5-3-4-6-14-11/h3-6H,7-10H2,1-2H3,(H,14,15)(H,16,19)(H,20,21). The Morgan fingerprint density at radius 3 is 2.57 bits per heavy atom. The van der Waals surface area contributed by atoms with Crippen LogP contribution in [0.3, 0.4) is 0 Å². The largest absolute Gasteiger partial charge is 0.480 e. The fraction of sp³-hybridized carbons (Fsp3) is 0.462. The Labute approximate surface area is 123 Å². The number of likely N-dealkylation sites (N-methyl/N-ethyl adjacent to an activating group) is 1. The molecule has 0 radical (unpaired) electrons. The number of hydrogen-bond acceptors (Lipinski definition) is 6. The minimum absolute atomic E-state index is 0.0000262. The smallest absolute Gasteiger partial charge is 0.317 e. The van der Waals surface area contributed by atoms with Gasteiger partial charge in [-0.05, 0) is 26.2 Å². The van der Waals surface area contributed by atoms with Crippen LogP contribution >= 0.6 is 0 Å². The number of carboxylic acids is 1. The summed E-state index contributed by atoms with van der Waals surface area (Å²) in [4.78, 5) is 30.1. The molecule has 0 aliphatic rings. The van der Waals surface area contributed by atoms with Crippen molar-refractivity contribution in [2.75, 3.05) is 45.7 Å². The van der Waals surface area contributed by atoms with Gasteiger partial charge in [0.05, 0.1) is 13.1 Å². The highest BCUT2D eigenvalue weighted by Gasteiger charge is 2.14. The van der Waals surface area contributed by atoms with Gasteiger partial charge in [0.25, 0.3) is 5.91 Å². The molecule has 0 bridgehead atoms. The summed E-state index contributed by atoms with van der Waals surface area (Å²) < 4.78 is 0. The Morgan fingerprint density at radius 1 is 1.24 bits per heavy atom. The predicted octanol–water partition coefficient (Wildman–Crippen LogP) is -0.527. The zero-order valence-corrected chi connectivity index (χ0v) is 12.2. The highest BCUT2D eigenvalue weighted by atomic mass is 16.4. The molecule has 0 saturated heterocycles. The summed E-state index contributed by atoms with van der Waals surface area (Å²) in [6.45, 7) is 0.995. The maximum atomic E-state index is 11.8. The number of pyridine rings is 1. The number of anilines is 1. The molecular formula is C13H21N5O3. The van der Waals surface area contributed by atoms with E-state index >= 15 is 0 Å². The van der Waals surface area contributed by atoms with E-state index in [4.69, 9.17) is 5.11 Å². The molecule has 1 amide bonds. The van der Waals surface area contributed by atoms with Crippen LogP contribution in [-0.4, -0.2) is 72.0 Å². The van der Waals surface area contributed by atoms with Gasteiger partial charge in [0, 0.05) is 19.3 Å². The molecule has 1 rings (SSSR count). The minimum Gasteiger partial charge on any atom is -0.480 e. The van der Waals surface area contributed by atoms with Crippen LogP contribution in [0, 0.1) is 0 Å². The van der Waals surface area contributed by atoms with Crippen molar-refractivity contribution in [2.24, 2.45) is 0 Å². The molecule has 0 spiro atoms. The van der Waals surface area contributed by atoms with Crippen LogP contribution in [-0.2, 0) is 9.59 Å². The summed E-state index contributed by atoms with van der Waals surface area (Å²) in [6.07, 6.45) is 1.60. The predicted molar refractivity (Wildman–Crippen MR) is 78.6 cm³/mol. The van der Waals surface area contributed by atoms with Crippen LogP contribution < -0.4 is 10.9 Å². The summed E-state index contributed by atoms with van der Waals surface area (Å²) in [5.41, 5.74) is 5.16. The van der Waals surface area contributed by atoms with Gasteiger partial charge in [-0.3, -0.25) is 25.3 Å². The molecule has 0 aliphatic heterocycles. The molecule has 0 aromatic carbocycles. The normalized spacial score (nSPS) is 10.7. The summed E-state index contributed by atoms with van der Waals surface area (Å²) in [6, 6.07) is 5.26. The first-order valence-corrected chi connectivity index (χ1v) is 6.52. The van der Waals surface area contributed by atoms with Crippen molar-refractivity contribution in [3.05, 3.63) is 24.4 Å². The average Bonchev–Trinajstić information content (AvgIpc) is 2.43. The number of carbonyl (C=O) groups excluding carboxylic acids is 1. The molecule has 1 aromatic rings. The molecule has 1 heterocycles. The van der Waals surface area contributed by atoms with E-state index in [0.717, 1.165) is 0 Å². The molecular weight excluding hydrogens is 274 g/mol. The van der Waals surface area contributed by atoms with E-state index in [2.05, 4.69) is 15.8 Å². The van der Waals surface area contributed by atoms with Crippen LogP contribution in [0.2, 0.25) is 0 Å². The van der Waals surface area contributed by atoms with Crippen LogP contribution in [0.5, 0.6) is 0 Å². The fourth-order valence-electron chi connectivity index (χ4n) is 1.56. The molecule has 0 atom stereocenters. The van der Waals surface area contributed by atoms with Crippen molar-refractivity contribution in [3.8, 4) is 0 Å². The number of aliphatic carboxylic acids is 1. The molecule has 0 aliphatic carbocycles. The van der Waals surface area contributed by atoms with E-state index < -0.39 is 5.97 Å². The van der Waals surface area contributed by atoms with E-state index in [1.807, 2.05) is 19.0 Å². The van der Waals surface area contributed by atoms with Crippen molar-refractivity contribution in [1.82, 2.24) is 20.2 Å². The van der Waals surface area contributed by atoms with Crippen molar-refractivity contribution in [2.45, 2.75) is 0 Å². The number of hydrogen-bond donors (Lipinski definition) is 3. The molecule has 21 heavy (non-hydrogen) atoms. The third-order valence-electron chi connectivity index (χ3n) is 2.58. The summed E-state index contributed by atoms with van der Waals surface area (Å²) in [5.74, 6) is -0.760. The number of hydrazine groups is 1. The third-order valence-corrected chi connectivity index (χ3v) is 2.58. The van der Waals surface area contributed by atoms with Gasteiger partial charge < -0.3 is 10.0 Å². The molecule has 8 nitrogen and oxygen atoms in total. The SMILES string of the molecule is CN(C)CCN(CC(=O)O)CC(=O)NNc1ccccn1. The van der Waals surface area contributed by atoms with Crippen LogP contribution in [0.25, 0.3) is 0 Å². The van der Waals surface area contributed by atoms with Crippen molar-refractivity contribution in [1.29, 1.82) is 0 Å². The minimum atomic E-state index is -0.959. The van der Waals surface area contributed by atoms with Gasteiger partial charge in [-0.25, -0.2) is 4.98 Å². The van der Waals surface area contributed by atoms with Gasteiger partial charge in [0.1, 0.15) is 5.82 Å². The van der Waals surface area contributed by atoms with Crippen LogP contribution in [0.1, 0.15) is 0 Å². The number of carboxylic acid groups (broad SMARTS) is 1. The zero-order valence-electron chi connectivity index (χ0n) is 12.2. The van der Waals surface area contributed by atoms with Gasteiger partial charge >= 0.3 is 5.97 Å². The Morgan fingerprint density at radius 2 is 2.00 bits per heavy atom. The molecule has 3 N–H and O–H groups in total. The molecule has 116 valence electrons. The monoisotopic (exact) mass is 295 g/mol. The molecule has 8 heteroatoms. The second-order valence-corrected chi connectivity index (χ2v) is 4.80. The topological polar surface area (TPSA) is 97.8 Å². The van der Waals surface area contributed by atoms with E-state index in [-0.39, 0.29) is 19.0 Å². The van der Waals surface area contributed by atoms with Gasteiger partial charge in [-0.1, -0.05) is 6.07 Å². The Bertz CT molecular complexity index is 452. The lowest BCUT2D eigenvalue weighted by atomic mass is 10.4. The van der Waals surface area contributed by atoms with Gasteiger partial charge in [-0.2, -0.15) is 0 Å². The van der Waals surface area contributed by atoms with E-state index in [0.29, 0.717) is 18.9 Å². The number of carbonyl (C=O) groups is 2. The van der Waals surface area contributed by atoms with Crippen molar-refractivity contribution >= 4 is 17.7 Å². The average molecular weight is 295 g/mol. The second kappa shape index (κ2) is 8.88. The third kappa shape index (κ3) is 7.85. The maximum absolute atomic E-state index is 11.8. The highest BCUT2D eigenvalue weighted by molar-refractivity contribution is 5.80. The van der Waals surface area contributed by atoms with Crippen molar-refractivity contribution in [3.63, 3.8) is 0 Å². The lowest BCUT2D eigenvalue weighted by Gasteiger charge is -2.21. The first-order chi connectivity index (χ1) is 9.97.